The van der Waals surface area contributed by atoms with Gasteiger partial charge in [0.25, 0.3) is 0 Å². The summed E-state index contributed by atoms with van der Waals surface area (Å²) in [5, 5.41) is 7.35. The molecule has 0 bridgehead atoms. The van der Waals surface area contributed by atoms with Gasteiger partial charge in [0, 0.05) is 18.3 Å². The van der Waals surface area contributed by atoms with Crippen molar-refractivity contribution in [1.29, 1.82) is 0 Å². The molecule has 1 heterocycles. The van der Waals surface area contributed by atoms with Crippen LogP contribution in [0.15, 0.2) is 0 Å². The first-order valence-corrected chi connectivity index (χ1v) is 7.04. The van der Waals surface area contributed by atoms with Gasteiger partial charge in [0.2, 0.25) is 5.91 Å². The fraction of sp³-hybridized carbons (Fsp3) is 0.692. The predicted molar refractivity (Wildman–Crippen MR) is 76.4 cm³/mol. The minimum absolute atomic E-state index is 0.104. The minimum Gasteiger partial charge on any atom is -0.349 e. The van der Waals surface area contributed by atoms with Gasteiger partial charge in [-0.25, -0.2) is 0 Å². The summed E-state index contributed by atoms with van der Waals surface area (Å²) in [6.45, 7) is 7.67. The lowest BCUT2D eigenvalue weighted by Gasteiger charge is -2.19. The van der Waals surface area contributed by atoms with Crippen molar-refractivity contribution in [2.24, 2.45) is 12.5 Å². The number of amides is 1. The highest BCUT2D eigenvalue weighted by Crippen LogP contribution is 2.63. The van der Waals surface area contributed by atoms with Gasteiger partial charge in [-0.05, 0) is 34.1 Å². The van der Waals surface area contributed by atoms with Crippen LogP contribution < -0.4 is 5.32 Å². The van der Waals surface area contributed by atoms with Crippen molar-refractivity contribution in [3.8, 4) is 0 Å². The number of nitrogens with one attached hydrogen (secondary N) is 1. The van der Waals surface area contributed by atoms with E-state index in [0.29, 0.717) is 6.42 Å². The van der Waals surface area contributed by atoms with E-state index in [9.17, 15) is 4.79 Å². The SMILES string of the molecule is Cc1nn(C)c(C)c1[C@@H](C)NC(=O)[C@]1(C)CC1(Cl)Cl. The molecule has 4 nitrogen and oxygen atoms in total. The van der Waals surface area contributed by atoms with Crippen molar-refractivity contribution in [2.45, 2.75) is 44.5 Å². The Balaban J connectivity index is 2.14. The highest BCUT2D eigenvalue weighted by molar-refractivity contribution is 6.53. The van der Waals surface area contributed by atoms with Gasteiger partial charge in [0.15, 0.2) is 0 Å². The lowest BCUT2D eigenvalue weighted by Crippen LogP contribution is -2.35. The second kappa shape index (κ2) is 4.38. The smallest absolute Gasteiger partial charge is 0.229 e. The van der Waals surface area contributed by atoms with E-state index in [-0.39, 0.29) is 11.9 Å². The molecule has 1 N–H and O–H groups in total. The first-order chi connectivity index (χ1) is 8.60. The monoisotopic (exact) mass is 303 g/mol. The maximum absolute atomic E-state index is 12.2. The third kappa shape index (κ3) is 2.25. The predicted octanol–water partition coefficient (Wildman–Crippen LogP) is 2.80. The molecule has 0 saturated heterocycles. The van der Waals surface area contributed by atoms with Gasteiger partial charge in [-0.2, -0.15) is 5.10 Å². The number of aromatic nitrogens is 2. The Hall–Kier alpha value is -0.740. The van der Waals surface area contributed by atoms with Crippen LogP contribution in [-0.4, -0.2) is 20.0 Å². The Labute approximate surface area is 123 Å². The van der Waals surface area contributed by atoms with Crippen LogP contribution in [0.25, 0.3) is 0 Å². The van der Waals surface area contributed by atoms with Crippen LogP contribution >= 0.6 is 23.2 Å². The summed E-state index contributed by atoms with van der Waals surface area (Å²) in [6, 6.07) is -0.109. The zero-order chi connectivity index (χ0) is 14.6. The maximum Gasteiger partial charge on any atom is 0.229 e. The van der Waals surface area contributed by atoms with Gasteiger partial charge in [-0.15, -0.1) is 23.2 Å². The summed E-state index contributed by atoms with van der Waals surface area (Å²) in [4.78, 5) is 12.2. The van der Waals surface area contributed by atoms with Gasteiger partial charge in [0.1, 0.15) is 4.33 Å². The Morgan fingerprint density at radius 1 is 1.47 bits per heavy atom. The van der Waals surface area contributed by atoms with Gasteiger partial charge in [-0.1, -0.05) is 0 Å². The highest BCUT2D eigenvalue weighted by atomic mass is 35.5. The minimum atomic E-state index is -0.935. The van der Waals surface area contributed by atoms with E-state index in [1.54, 1.807) is 6.92 Å². The molecule has 0 spiro atoms. The molecule has 19 heavy (non-hydrogen) atoms. The Morgan fingerprint density at radius 3 is 2.37 bits per heavy atom. The Kier molecular flexibility index (Phi) is 3.38. The van der Waals surface area contributed by atoms with Gasteiger partial charge >= 0.3 is 0 Å². The quantitative estimate of drug-likeness (QED) is 0.873. The van der Waals surface area contributed by atoms with E-state index in [1.165, 1.54) is 0 Å². The molecule has 6 heteroatoms. The normalized spacial score (nSPS) is 26.1. The summed E-state index contributed by atoms with van der Waals surface area (Å²) in [5.74, 6) is -0.104. The number of carbonyl (C=O) groups excluding carboxylic acids is 1. The molecule has 2 rings (SSSR count). The lowest BCUT2D eigenvalue weighted by molar-refractivity contribution is -0.126. The summed E-state index contributed by atoms with van der Waals surface area (Å²) in [6.07, 6.45) is 0.493. The average molecular weight is 304 g/mol. The summed E-state index contributed by atoms with van der Waals surface area (Å²) < 4.78 is 0.884. The molecule has 1 aromatic rings. The fourth-order valence-corrected chi connectivity index (χ4v) is 3.20. The highest BCUT2D eigenvalue weighted by Gasteiger charge is 2.68. The van der Waals surface area contributed by atoms with Crippen molar-refractivity contribution in [2.75, 3.05) is 0 Å². The third-order valence-electron chi connectivity index (χ3n) is 4.10. The molecule has 1 aromatic heterocycles. The molecule has 1 aliphatic carbocycles. The number of nitrogens with zero attached hydrogens (tertiary/aromatic N) is 2. The molecule has 0 radical (unpaired) electrons. The Bertz CT molecular complexity index is 538. The van der Waals surface area contributed by atoms with Crippen LogP contribution in [0, 0.1) is 19.3 Å². The maximum atomic E-state index is 12.2. The van der Waals surface area contributed by atoms with Gasteiger partial charge in [0.05, 0.1) is 17.2 Å². The van der Waals surface area contributed by atoms with Crippen LogP contribution in [0.2, 0.25) is 0 Å². The number of rotatable bonds is 3. The van der Waals surface area contributed by atoms with Gasteiger partial charge in [-0.3, -0.25) is 9.48 Å². The third-order valence-corrected chi connectivity index (χ3v) is 5.21. The first-order valence-electron chi connectivity index (χ1n) is 6.29. The molecule has 106 valence electrons. The number of halogens is 2. The van der Waals surface area contributed by atoms with E-state index < -0.39 is 9.75 Å². The molecule has 1 amide bonds. The summed E-state index contributed by atoms with van der Waals surface area (Å²) in [5.41, 5.74) is 2.34. The van der Waals surface area contributed by atoms with Crippen LogP contribution in [0.1, 0.15) is 43.3 Å². The van der Waals surface area contributed by atoms with Crippen molar-refractivity contribution in [3.05, 3.63) is 17.0 Å². The lowest BCUT2D eigenvalue weighted by atomic mass is 10.0. The second-order valence-electron chi connectivity index (χ2n) is 5.62. The Morgan fingerprint density at radius 2 is 2.00 bits per heavy atom. The van der Waals surface area contributed by atoms with Crippen molar-refractivity contribution in [1.82, 2.24) is 15.1 Å². The van der Waals surface area contributed by atoms with Gasteiger partial charge < -0.3 is 5.32 Å². The standard InChI is InChI=1S/C13H19Cl2N3O/c1-7(10-8(2)17-18(5)9(10)3)16-11(19)12(4)6-13(12,14)15/h7H,6H2,1-5H3,(H,16,19)/t7-,12+/m1/s1. The van der Waals surface area contributed by atoms with Crippen LogP contribution in [0.3, 0.4) is 0 Å². The van der Waals surface area contributed by atoms with Crippen molar-refractivity contribution < 1.29 is 4.79 Å². The van der Waals surface area contributed by atoms with Crippen LogP contribution in [0.4, 0.5) is 0 Å². The van der Waals surface area contributed by atoms with Crippen molar-refractivity contribution in [3.63, 3.8) is 0 Å². The summed E-state index contributed by atoms with van der Waals surface area (Å²) in [7, 11) is 1.89. The second-order valence-corrected chi connectivity index (χ2v) is 7.10. The number of alkyl halides is 2. The zero-order valence-electron chi connectivity index (χ0n) is 11.8. The van der Waals surface area contributed by atoms with E-state index >= 15 is 0 Å². The van der Waals surface area contributed by atoms with Crippen LogP contribution in [0.5, 0.6) is 0 Å². The van der Waals surface area contributed by atoms with Crippen LogP contribution in [-0.2, 0) is 11.8 Å². The fourth-order valence-electron chi connectivity index (χ4n) is 2.49. The number of aryl methyl sites for hydroxylation is 2. The number of hydrogen-bond donors (Lipinski definition) is 1. The molecule has 1 aliphatic rings. The number of carbonyl (C=O) groups is 1. The molecule has 2 atom stereocenters. The molecule has 0 unspecified atom stereocenters. The molecule has 1 saturated carbocycles. The first kappa shape index (κ1) is 14.7. The molecule has 1 fully saturated rings. The van der Waals surface area contributed by atoms with Crippen molar-refractivity contribution >= 4 is 29.1 Å². The van der Waals surface area contributed by atoms with E-state index in [2.05, 4.69) is 10.4 Å². The van der Waals surface area contributed by atoms with E-state index in [0.717, 1.165) is 17.0 Å². The molecule has 0 aromatic carbocycles. The average Bonchev–Trinajstić information content (AvgIpc) is 2.67. The summed E-state index contributed by atoms with van der Waals surface area (Å²) >= 11 is 12.1. The molecular weight excluding hydrogens is 285 g/mol. The molecule has 0 aliphatic heterocycles. The topological polar surface area (TPSA) is 46.9 Å². The largest absolute Gasteiger partial charge is 0.349 e. The molecular formula is C13H19Cl2N3O. The zero-order valence-corrected chi connectivity index (χ0v) is 13.4. The number of hydrogen-bond acceptors (Lipinski definition) is 2. The van der Waals surface area contributed by atoms with E-state index in [4.69, 9.17) is 23.2 Å². The van der Waals surface area contributed by atoms with E-state index in [1.807, 2.05) is 32.5 Å².